The van der Waals surface area contributed by atoms with Crippen LogP contribution < -0.4 is 0 Å². The maximum Gasteiger partial charge on any atom is 0.226 e. The molecule has 2 aliphatic rings. The second-order valence-corrected chi connectivity index (χ2v) is 7.99. The van der Waals surface area contributed by atoms with Gasteiger partial charge in [-0.15, -0.1) is 0 Å². The topological polar surface area (TPSA) is 38.1 Å². The third-order valence-electron chi connectivity index (χ3n) is 5.77. The fourth-order valence-electron chi connectivity index (χ4n) is 4.14. The molecule has 2 aliphatic carbocycles. The van der Waals surface area contributed by atoms with E-state index in [1.165, 1.54) is 30.4 Å². The van der Waals surface area contributed by atoms with Gasteiger partial charge >= 0.3 is 0 Å². The lowest BCUT2D eigenvalue weighted by Gasteiger charge is -2.34. The number of benzene rings is 1. The Bertz CT molecular complexity index is 756. The molecule has 0 N–H and O–H groups in total. The molecule has 1 aromatic heterocycles. The third kappa shape index (κ3) is 4.00. The molecule has 0 radical (unpaired) electrons. The van der Waals surface area contributed by atoms with Gasteiger partial charge in [0, 0.05) is 30.9 Å². The van der Waals surface area contributed by atoms with Crippen LogP contribution in [0.5, 0.6) is 0 Å². The molecule has 26 heavy (non-hydrogen) atoms. The number of carbonyl (C=O) groups is 1. The van der Waals surface area contributed by atoms with Gasteiger partial charge in [-0.3, -0.25) is 4.79 Å². The molecule has 4 rings (SSSR count). The lowest BCUT2D eigenvalue weighted by molar-refractivity contribution is -0.136. The molecule has 4 nitrogen and oxygen atoms in total. The monoisotopic (exact) mass is 351 g/mol. The highest BCUT2D eigenvalue weighted by Crippen LogP contribution is 2.34. The highest BCUT2D eigenvalue weighted by molar-refractivity contribution is 5.81. The Balaban J connectivity index is 1.52. The summed E-state index contributed by atoms with van der Waals surface area (Å²) in [6, 6.07) is 9.01. The zero-order valence-corrected chi connectivity index (χ0v) is 15.7. The molecule has 138 valence electrons. The molecular formula is C22H29N3O. The number of carbonyl (C=O) groups excluding carboxylic acids is 1. The normalized spacial score (nSPS) is 18.0. The predicted molar refractivity (Wildman–Crippen MR) is 103 cm³/mol. The molecule has 2 saturated carbocycles. The molecule has 0 saturated heterocycles. The molecule has 2 aromatic rings. The average Bonchev–Trinajstić information content (AvgIpc) is 3.42. The molecule has 2 fully saturated rings. The summed E-state index contributed by atoms with van der Waals surface area (Å²) in [5.74, 6) is 1.64. The van der Waals surface area contributed by atoms with Gasteiger partial charge in [-0.05, 0) is 38.2 Å². The molecule has 0 unspecified atom stereocenters. The van der Waals surface area contributed by atoms with Crippen LogP contribution in [0.4, 0.5) is 0 Å². The summed E-state index contributed by atoms with van der Waals surface area (Å²) in [7, 11) is 0. The van der Waals surface area contributed by atoms with Gasteiger partial charge in [0.1, 0.15) is 5.82 Å². The fourth-order valence-corrected chi connectivity index (χ4v) is 4.14. The van der Waals surface area contributed by atoms with Crippen LogP contribution in [0.3, 0.4) is 0 Å². The first-order valence-electron chi connectivity index (χ1n) is 10.1. The number of rotatable bonds is 6. The largest absolute Gasteiger partial charge is 0.332 e. The van der Waals surface area contributed by atoms with Crippen molar-refractivity contribution >= 4 is 5.91 Å². The Hall–Kier alpha value is -2.10. The summed E-state index contributed by atoms with van der Waals surface area (Å²) < 4.78 is 2.20. The number of hydrogen-bond acceptors (Lipinski definition) is 2. The van der Waals surface area contributed by atoms with Crippen LogP contribution in [0.2, 0.25) is 0 Å². The van der Waals surface area contributed by atoms with Crippen LogP contribution >= 0.6 is 0 Å². The minimum absolute atomic E-state index is 0.275. The van der Waals surface area contributed by atoms with E-state index >= 15 is 0 Å². The van der Waals surface area contributed by atoms with E-state index in [-0.39, 0.29) is 5.92 Å². The summed E-state index contributed by atoms with van der Waals surface area (Å²) >= 11 is 0. The summed E-state index contributed by atoms with van der Waals surface area (Å²) in [4.78, 5) is 19.7. The van der Waals surface area contributed by atoms with Crippen LogP contribution in [-0.2, 0) is 17.9 Å². The summed E-state index contributed by atoms with van der Waals surface area (Å²) in [6.07, 6.45) is 12.1. The van der Waals surface area contributed by atoms with E-state index in [0.717, 1.165) is 38.1 Å². The fraction of sp³-hybridized carbons (Fsp3) is 0.545. The molecule has 0 atom stereocenters. The van der Waals surface area contributed by atoms with Crippen LogP contribution in [-0.4, -0.2) is 26.4 Å². The average molecular weight is 351 g/mol. The van der Waals surface area contributed by atoms with Crippen LogP contribution in [0, 0.1) is 12.8 Å². The molecule has 1 heterocycles. The molecule has 4 heteroatoms. The van der Waals surface area contributed by atoms with Gasteiger partial charge in [-0.2, -0.15) is 0 Å². The van der Waals surface area contributed by atoms with E-state index in [0.29, 0.717) is 18.5 Å². The first-order valence-corrected chi connectivity index (χ1v) is 10.1. The number of imidazole rings is 1. The van der Waals surface area contributed by atoms with Crippen LogP contribution in [0.25, 0.3) is 0 Å². The second kappa shape index (κ2) is 7.65. The van der Waals surface area contributed by atoms with Crippen molar-refractivity contribution in [3.63, 3.8) is 0 Å². The van der Waals surface area contributed by atoms with E-state index in [1.807, 2.05) is 12.4 Å². The van der Waals surface area contributed by atoms with Crippen molar-refractivity contribution in [1.82, 2.24) is 14.5 Å². The number of aromatic nitrogens is 2. The third-order valence-corrected chi connectivity index (χ3v) is 5.77. The van der Waals surface area contributed by atoms with Crippen molar-refractivity contribution in [3.05, 3.63) is 53.6 Å². The van der Waals surface area contributed by atoms with E-state index in [2.05, 4.69) is 45.6 Å². The standard InChI is InChI=1S/C22H29N3O/c1-17-6-5-7-18(14-17)15-24-13-12-23-21(24)16-25(22(26)19-10-11-19)20-8-3-2-4-9-20/h5-7,12-14,19-20H,2-4,8-11,15-16H2,1H3. The zero-order valence-electron chi connectivity index (χ0n) is 15.7. The van der Waals surface area contributed by atoms with Crippen LogP contribution in [0.1, 0.15) is 61.9 Å². The number of nitrogens with zero attached hydrogens (tertiary/aromatic N) is 3. The van der Waals surface area contributed by atoms with Gasteiger partial charge in [0.25, 0.3) is 0 Å². The van der Waals surface area contributed by atoms with Crippen molar-refractivity contribution in [1.29, 1.82) is 0 Å². The summed E-state index contributed by atoms with van der Waals surface area (Å²) in [6.45, 7) is 3.59. The maximum atomic E-state index is 12.9. The van der Waals surface area contributed by atoms with E-state index in [1.54, 1.807) is 0 Å². The van der Waals surface area contributed by atoms with Gasteiger partial charge in [0.2, 0.25) is 5.91 Å². The maximum absolute atomic E-state index is 12.9. The molecule has 1 aromatic carbocycles. The van der Waals surface area contributed by atoms with Crippen molar-refractivity contribution in [2.45, 2.75) is 71.0 Å². The Kier molecular flexibility index (Phi) is 5.09. The number of hydrogen-bond donors (Lipinski definition) is 0. The quantitative estimate of drug-likeness (QED) is 0.778. The molecule has 0 aliphatic heterocycles. The van der Waals surface area contributed by atoms with Gasteiger partial charge in [0.05, 0.1) is 6.54 Å². The van der Waals surface area contributed by atoms with Crippen molar-refractivity contribution in [2.24, 2.45) is 5.92 Å². The first kappa shape index (κ1) is 17.3. The van der Waals surface area contributed by atoms with Gasteiger partial charge < -0.3 is 9.47 Å². The first-order chi connectivity index (χ1) is 12.7. The minimum Gasteiger partial charge on any atom is -0.332 e. The van der Waals surface area contributed by atoms with E-state index < -0.39 is 0 Å². The van der Waals surface area contributed by atoms with Crippen molar-refractivity contribution in [2.75, 3.05) is 0 Å². The predicted octanol–water partition coefficient (Wildman–Crippen LogP) is 4.31. The van der Waals surface area contributed by atoms with Crippen molar-refractivity contribution in [3.8, 4) is 0 Å². The highest BCUT2D eigenvalue weighted by atomic mass is 16.2. The Morgan fingerprint density at radius 2 is 2.00 bits per heavy atom. The Morgan fingerprint density at radius 1 is 1.19 bits per heavy atom. The lowest BCUT2D eigenvalue weighted by atomic mass is 9.94. The Morgan fingerprint density at radius 3 is 2.73 bits per heavy atom. The number of aryl methyl sites for hydroxylation is 1. The molecule has 0 spiro atoms. The van der Waals surface area contributed by atoms with E-state index in [4.69, 9.17) is 0 Å². The van der Waals surface area contributed by atoms with Crippen molar-refractivity contribution < 1.29 is 4.79 Å². The van der Waals surface area contributed by atoms with Crippen LogP contribution in [0.15, 0.2) is 36.7 Å². The lowest BCUT2D eigenvalue weighted by Crippen LogP contribution is -2.42. The molecular weight excluding hydrogens is 322 g/mol. The van der Waals surface area contributed by atoms with Gasteiger partial charge in [-0.1, -0.05) is 49.1 Å². The highest BCUT2D eigenvalue weighted by Gasteiger charge is 2.37. The Labute approximate surface area is 156 Å². The SMILES string of the molecule is Cc1cccc(Cn2ccnc2CN(C(=O)C2CC2)C2CCCCC2)c1. The molecule has 0 bridgehead atoms. The zero-order chi connectivity index (χ0) is 17.9. The number of amides is 1. The second-order valence-electron chi connectivity index (χ2n) is 7.99. The summed E-state index contributed by atoms with van der Waals surface area (Å²) in [5, 5.41) is 0. The van der Waals surface area contributed by atoms with E-state index in [9.17, 15) is 4.79 Å². The molecule has 1 amide bonds. The van der Waals surface area contributed by atoms with Gasteiger partial charge in [-0.25, -0.2) is 4.98 Å². The minimum atomic E-state index is 0.275. The van der Waals surface area contributed by atoms with Gasteiger partial charge in [0.15, 0.2) is 0 Å². The summed E-state index contributed by atoms with van der Waals surface area (Å²) in [5.41, 5.74) is 2.55. The smallest absolute Gasteiger partial charge is 0.226 e.